The van der Waals surface area contributed by atoms with Crippen LogP contribution in [-0.4, -0.2) is 45.6 Å². The first-order valence-corrected chi connectivity index (χ1v) is 11.7. The van der Waals surface area contributed by atoms with Crippen molar-refractivity contribution in [2.24, 2.45) is 11.8 Å². The van der Waals surface area contributed by atoms with Gasteiger partial charge in [-0.15, -0.1) is 0 Å². The number of hydrogen-bond donors (Lipinski definition) is 0. The Balaban J connectivity index is 1.70. The highest BCUT2D eigenvalue weighted by Crippen LogP contribution is 2.34. The zero-order chi connectivity index (χ0) is 24.0. The first kappa shape index (κ1) is 25.1. The van der Waals surface area contributed by atoms with E-state index in [9.17, 15) is 18.5 Å². The van der Waals surface area contributed by atoms with Crippen LogP contribution in [0.5, 0.6) is 5.75 Å². The van der Waals surface area contributed by atoms with Crippen molar-refractivity contribution in [3.63, 3.8) is 0 Å². The van der Waals surface area contributed by atoms with E-state index in [0.29, 0.717) is 6.61 Å². The molecular weight excluding hydrogens is 454 g/mol. The Morgan fingerprint density at radius 2 is 1.70 bits per heavy atom. The molecule has 10 nitrogen and oxygen atoms in total. The molecule has 180 valence electrons. The third kappa shape index (κ3) is 6.71. The molecule has 11 heteroatoms. The SMILES string of the molecule is CO[C@H]1OC(COCc2ccccc2)[C@@H](OS(=O)(=O)Oc2ccc([N+](=O)[O-])cc2)[C@H](C)C1C. The molecule has 1 saturated heterocycles. The number of methoxy groups -OCH3 is 1. The first-order chi connectivity index (χ1) is 15.7. The zero-order valence-corrected chi connectivity index (χ0v) is 19.3. The van der Waals surface area contributed by atoms with Gasteiger partial charge in [0.05, 0.1) is 18.1 Å². The predicted molar refractivity (Wildman–Crippen MR) is 118 cm³/mol. The second-order valence-corrected chi connectivity index (χ2v) is 8.98. The third-order valence-electron chi connectivity index (χ3n) is 5.55. The predicted octanol–water partition coefficient (Wildman–Crippen LogP) is 3.46. The molecule has 33 heavy (non-hydrogen) atoms. The Bertz CT molecular complexity index is 1010. The second-order valence-electron chi connectivity index (χ2n) is 7.80. The summed E-state index contributed by atoms with van der Waals surface area (Å²) >= 11 is 0. The van der Waals surface area contributed by atoms with Crippen molar-refractivity contribution in [2.45, 2.75) is 39.0 Å². The standard InChI is InChI=1S/C22H27NO9S/c1-15-16(2)22(28-3)30-20(14-29-13-17-7-5-4-6-8-17)21(15)32-33(26,27)31-19-11-9-18(10-12-19)23(24)25/h4-12,15-16,20-22H,13-14H2,1-3H3/t15-,16?,20?,21+,22+/m1/s1. The molecule has 0 amide bonds. The second kappa shape index (κ2) is 11.0. The first-order valence-electron chi connectivity index (χ1n) is 10.4. The Morgan fingerprint density at radius 1 is 1.03 bits per heavy atom. The van der Waals surface area contributed by atoms with Crippen molar-refractivity contribution in [2.75, 3.05) is 13.7 Å². The molecule has 0 N–H and O–H groups in total. The molecule has 0 radical (unpaired) electrons. The monoisotopic (exact) mass is 481 g/mol. The van der Waals surface area contributed by atoms with Crippen LogP contribution in [0.25, 0.3) is 0 Å². The van der Waals surface area contributed by atoms with Crippen LogP contribution >= 0.6 is 0 Å². The van der Waals surface area contributed by atoms with Gasteiger partial charge in [0.15, 0.2) is 6.29 Å². The highest BCUT2D eigenvalue weighted by atomic mass is 32.3. The van der Waals surface area contributed by atoms with Gasteiger partial charge in [0.25, 0.3) is 5.69 Å². The molecule has 0 saturated carbocycles. The van der Waals surface area contributed by atoms with Gasteiger partial charge in [0, 0.05) is 25.2 Å². The van der Waals surface area contributed by atoms with E-state index in [1.165, 1.54) is 19.2 Å². The summed E-state index contributed by atoms with van der Waals surface area (Å²) in [6.45, 7) is 4.11. The van der Waals surface area contributed by atoms with Crippen LogP contribution in [0.3, 0.4) is 0 Å². The fraction of sp³-hybridized carbons (Fsp3) is 0.455. The number of nitrogens with zero attached hydrogens (tertiary/aromatic N) is 1. The van der Waals surface area contributed by atoms with E-state index < -0.39 is 33.8 Å². The Morgan fingerprint density at radius 3 is 2.30 bits per heavy atom. The molecule has 1 heterocycles. The van der Waals surface area contributed by atoms with Gasteiger partial charge in [-0.25, -0.2) is 4.18 Å². The van der Waals surface area contributed by atoms with Crippen LogP contribution in [0.4, 0.5) is 5.69 Å². The quantitative estimate of drug-likeness (QED) is 0.371. The van der Waals surface area contributed by atoms with Crippen molar-refractivity contribution in [3.8, 4) is 5.75 Å². The van der Waals surface area contributed by atoms with Crippen LogP contribution in [0.2, 0.25) is 0 Å². The summed E-state index contributed by atoms with van der Waals surface area (Å²) in [6, 6.07) is 14.2. The smallest absolute Gasteiger partial charge is 0.374 e. The lowest BCUT2D eigenvalue weighted by Crippen LogP contribution is -2.53. The summed E-state index contributed by atoms with van der Waals surface area (Å²) in [4.78, 5) is 10.2. The van der Waals surface area contributed by atoms with Crippen LogP contribution in [-0.2, 0) is 35.4 Å². The van der Waals surface area contributed by atoms with E-state index in [-0.39, 0.29) is 29.9 Å². The third-order valence-corrected chi connectivity index (χ3v) is 6.41. The lowest BCUT2D eigenvalue weighted by molar-refractivity contribution is -0.384. The van der Waals surface area contributed by atoms with E-state index in [1.807, 2.05) is 44.2 Å². The molecule has 1 aliphatic rings. The topological polar surface area (TPSA) is 123 Å². The maximum atomic E-state index is 12.6. The Kier molecular flexibility index (Phi) is 8.38. The normalized spacial score (nSPS) is 25.5. The molecule has 3 rings (SSSR count). The van der Waals surface area contributed by atoms with Gasteiger partial charge in [-0.1, -0.05) is 44.2 Å². The molecule has 1 fully saturated rings. The van der Waals surface area contributed by atoms with E-state index in [2.05, 4.69) is 0 Å². The maximum Gasteiger partial charge on any atom is 0.449 e. The average Bonchev–Trinajstić information content (AvgIpc) is 2.79. The van der Waals surface area contributed by atoms with Gasteiger partial charge >= 0.3 is 10.4 Å². The van der Waals surface area contributed by atoms with E-state index >= 15 is 0 Å². The van der Waals surface area contributed by atoms with Gasteiger partial charge in [0.2, 0.25) is 0 Å². The molecule has 0 bridgehead atoms. The van der Waals surface area contributed by atoms with Crippen LogP contribution in [0.15, 0.2) is 54.6 Å². The lowest BCUT2D eigenvalue weighted by Gasteiger charge is -2.43. The van der Waals surface area contributed by atoms with Crippen molar-refractivity contribution < 1.29 is 35.9 Å². The number of ether oxygens (including phenoxy) is 3. The van der Waals surface area contributed by atoms with Gasteiger partial charge in [0.1, 0.15) is 18.0 Å². The molecule has 5 atom stereocenters. The fourth-order valence-electron chi connectivity index (χ4n) is 3.58. The van der Waals surface area contributed by atoms with Gasteiger partial charge in [-0.2, -0.15) is 8.42 Å². The number of hydrogen-bond acceptors (Lipinski definition) is 9. The number of non-ortho nitro benzene ring substituents is 1. The molecule has 2 aromatic carbocycles. The molecule has 0 aliphatic carbocycles. The summed E-state index contributed by atoms with van der Waals surface area (Å²) in [5, 5.41) is 10.8. The number of nitro benzene ring substituents is 1. The van der Waals surface area contributed by atoms with Gasteiger partial charge in [-0.3, -0.25) is 10.1 Å². The van der Waals surface area contributed by atoms with Crippen molar-refractivity contribution >= 4 is 16.1 Å². The summed E-state index contributed by atoms with van der Waals surface area (Å²) in [6.07, 6.45) is -2.19. The molecule has 0 aromatic heterocycles. The summed E-state index contributed by atoms with van der Waals surface area (Å²) in [7, 11) is -2.98. The molecule has 2 aromatic rings. The summed E-state index contributed by atoms with van der Waals surface area (Å²) in [5.41, 5.74) is 0.773. The average molecular weight is 482 g/mol. The Hall–Kier alpha value is -2.57. The van der Waals surface area contributed by atoms with E-state index in [4.69, 9.17) is 22.6 Å². The van der Waals surface area contributed by atoms with Crippen LogP contribution < -0.4 is 4.18 Å². The van der Waals surface area contributed by atoms with Crippen LogP contribution in [0, 0.1) is 22.0 Å². The number of rotatable bonds is 10. The van der Waals surface area contributed by atoms with Gasteiger partial charge < -0.3 is 18.4 Å². The number of benzene rings is 2. The Labute approximate surface area is 192 Å². The van der Waals surface area contributed by atoms with Crippen molar-refractivity contribution in [1.29, 1.82) is 0 Å². The highest BCUT2D eigenvalue weighted by Gasteiger charge is 2.45. The minimum atomic E-state index is -4.50. The largest absolute Gasteiger partial charge is 0.449 e. The highest BCUT2D eigenvalue weighted by molar-refractivity contribution is 7.82. The fourth-order valence-corrected chi connectivity index (χ4v) is 4.53. The van der Waals surface area contributed by atoms with Crippen molar-refractivity contribution in [3.05, 3.63) is 70.3 Å². The van der Waals surface area contributed by atoms with Crippen molar-refractivity contribution in [1.82, 2.24) is 0 Å². The minimum Gasteiger partial charge on any atom is -0.374 e. The number of nitro groups is 1. The summed E-state index contributed by atoms with van der Waals surface area (Å²) in [5.74, 6) is -0.547. The van der Waals surface area contributed by atoms with E-state index in [1.54, 1.807) is 0 Å². The maximum absolute atomic E-state index is 12.6. The van der Waals surface area contributed by atoms with Gasteiger partial charge in [-0.05, 0) is 23.6 Å². The molecular formula is C22H27NO9S. The minimum absolute atomic E-state index is 0.0729. The zero-order valence-electron chi connectivity index (χ0n) is 18.5. The molecule has 1 aliphatic heterocycles. The lowest BCUT2D eigenvalue weighted by atomic mass is 9.85. The van der Waals surface area contributed by atoms with E-state index in [0.717, 1.165) is 17.7 Å². The van der Waals surface area contributed by atoms with Crippen LogP contribution in [0.1, 0.15) is 19.4 Å². The molecule has 0 spiro atoms. The molecule has 2 unspecified atom stereocenters. The summed E-state index contributed by atoms with van der Waals surface area (Å²) < 4.78 is 52.8.